The van der Waals surface area contributed by atoms with Crippen LogP contribution in [-0.4, -0.2) is 96.7 Å². The van der Waals surface area contributed by atoms with Gasteiger partial charge in [-0.05, 0) is 57.3 Å². The molecule has 2 unspecified atom stereocenters. The van der Waals surface area contributed by atoms with Gasteiger partial charge >= 0.3 is 39.5 Å². The van der Waals surface area contributed by atoms with Crippen molar-refractivity contribution >= 4 is 39.5 Å². The number of allylic oxidation sites excluding steroid dienone is 4. The zero-order valence-corrected chi connectivity index (χ0v) is 71.6. The predicted molar refractivity (Wildman–Crippen MR) is 441 cm³/mol. The van der Waals surface area contributed by atoms with Crippen LogP contribution >= 0.6 is 15.6 Å². The third-order valence-corrected chi connectivity index (χ3v) is 22.1. The van der Waals surface area contributed by atoms with Gasteiger partial charge in [0, 0.05) is 25.7 Å². The molecule has 0 saturated carbocycles. The van der Waals surface area contributed by atoms with E-state index in [1.165, 1.54) is 263 Å². The van der Waals surface area contributed by atoms with E-state index in [1.54, 1.807) is 0 Å². The van der Waals surface area contributed by atoms with Crippen LogP contribution in [0.3, 0.4) is 0 Å². The summed E-state index contributed by atoms with van der Waals surface area (Å²) >= 11 is 0. The molecule has 0 rings (SSSR count). The smallest absolute Gasteiger partial charge is 0.462 e. The standard InChI is InChI=1S/C88H168O17P2/c1-6-9-12-15-18-21-24-27-30-32-34-35-36-38-40-43-46-49-52-59-64-69-74-87(92)104-83(77-98-85(90)71-66-61-56-50-47-44-42-39-37-33-31-28-25-22-19-16-13-10-7-2)79-102-106(94,95)100-75-82(89)76-101-107(96,97)103-80-84(78-99-86(91)72-67-62-57-54-53-55-60-65-70-81(4)5)105-88(93)73-68-63-58-51-48-45-41-29-26-23-20-17-14-11-8-3/h23,26,29,41,81-84,89H,6-22,24-25,27-28,30-40,42-80H2,1-5H3,(H,94,95)(H,96,97)/b26-23-,41-29-/t82-,83-,84-/m1/s1. The molecule has 0 spiro atoms. The minimum atomic E-state index is -4.97. The predicted octanol–water partition coefficient (Wildman–Crippen LogP) is 26.7. The Balaban J connectivity index is 5.25. The van der Waals surface area contributed by atoms with E-state index in [1.807, 2.05) is 0 Å². The van der Waals surface area contributed by atoms with Crippen LogP contribution in [0.2, 0.25) is 0 Å². The van der Waals surface area contributed by atoms with Crippen molar-refractivity contribution in [2.45, 2.75) is 470 Å². The fourth-order valence-corrected chi connectivity index (χ4v) is 14.9. The lowest BCUT2D eigenvalue weighted by Gasteiger charge is -2.21. The van der Waals surface area contributed by atoms with Gasteiger partial charge in [0.25, 0.3) is 0 Å². The first-order valence-corrected chi connectivity index (χ1v) is 47.9. The van der Waals surface area contributed by atoms with Crippen molar-refractivity contribution < 1.29 is 80.2 Å². The van der Waals surface area contributed by atoms with Crippen LogP contribution in [0.5, 0.6) is 0 Å². The Bertz CT molecular complexity index is 2130. The summed E-state index contributed by atoms with van der Waals surface area (Å²) in [4.78, 5) is 73.2. The Kier molecular flexibility index (Phi) is 78.3. The first-order chi connectivity index (χ1) is 52.0. The highest BCUT2D eigenvalue weighted by molar-refractivity contribution is 7.47. The lowest BCUT2D eigenvalue weighted by Crippen LogP contribution is -2.30. The van der Waals surface area contributed by atoms with Crippen molar-refractivity contribution in [3.05, 3.63) is 24.3 Å². The summed E-state index contributed by atoms with van der Waals surface area (Å²) < 4.78 is 68.9. The molecule has 0 bridgehead atoms. The number of carbonyl (C=O) groups is 4. The van der Waals surface area contributed by atoms with Gasteiger partial charge in [0.15, 0.2) is 12.2 Å². The third-order valence-electron chi connectivity index (χ3n) is 20.2. The second-order valence-corrected chi connectivity index (χ2v) is 34.3. The topological polar surface area (TPSA) is 237 Å². The molecule has 5 atom stereocenters. The normalized spacial score (nSPS) is 13.9. The van der Waals surface area contributed by atoms with Crippen LogP contribution in [0.4, 0.5) is 0 Å². The maximum Gasteiger partial charge on any atom is 0.472 e. The summed E-state index contributed by atoms with van der Waals surface area (Å²) in [5, 5.41) is 10.7. The third kappa shape index (κ3) is 81.4. The van der Waals surface area contributed by atoms with Crippen molar-refractivity contribution in [2.75, 3.05) is 39.6 Å². The number of carbonyl (C=O) groups excluding carboxylic acids is 4. The molecule has 17 nitrogen and oxygen atoms in total. The van der Waals surface area contributed by atoms with E-state index < -0.39 is 97.5 Å². The fraction of sp³-hybridized carbons (Fsp3) is 0.909. The fourth-order valence-electron chi connectivity index (χ4n) is 13.3. The molecule has 0 saturated heterocycles. The number of ether oxygens (including phenoxy) is 4. The summed E-state index contributed by atoms with van der Waals surface area (Å²) in [6, 6.07) is 0. The molecule has 0 aromatic rings. The summed E-state index contributed by atoms with van der Waals surface area (Å²) in [6.45, 7) is 7.26. The summed E-state index contributed by atoms with van der Waals surface area (Å²) in [5.74, 6) is -1.41. The largest absolute Gasteiger partial charge is 0.472 e. The van der Waals surface area contributed by atoms with Gasteiger partial charge in [-0.2, -0.15) is 0 Å². The van der Waals surface area contributed by atoms with E-state index in [2.05, 4.69) is 58.9 Å². The second kappa shape index (κ2) is 80.2. The van der Waals surface area contributed by atoms with E-state index in [4.69, 9.17) is 37.0 Å². The molecule has 0 aliphatic rings. The van der Waals surface area contributed by atoms with Crippen LogP contribution in [0, 0.1) is 5.92 Å². The number of hydrogen-bond donors (Lipinski definition) is 3. The first kappa shape index (κ1) is 105. The van der Waals surface area contributed by atoms with E-state index in [0.29, 0.717) is 25.7 Å². The van der Waals surface area contributed by atoms with Crippen molar-refractivity contribution in [3.63, 3.8) is 0 Å². The van der Waals surface area contributed by atoms with Crippen LogP contribution in [-0.2, 0) is 65.4 Å². The van der Waals surface area contributed by atoms with Gasteiger partial charge in [-0.25, -0.2) is 9.13 Å². The number of hydrogen-bond acceptors (Lipinski definition) is 15. The zero-order chi connectivity index (χ0) is 78.3. The zero-order valence-electron chi connectivity index (χ0n) is 69.8. The average Bonchev–Trinajstić information content (AvgIpc) is 0.903. The van der Waals surface area contributed by atoms with Gasteiger partial charge in [0.05, 0.1) is 26.4 Å². The lowest BCUT2D eigenvalue weighted by molar-refractivity contribution is -0.161. The second-order valence-electron chi connectivity index (χ2n) is 31.4. The average molecular weight is 1560 g/mol. The monoisotopic (exact) mass is 1560 g/mol. The molecule has 19 heteroatoms. The number of rotatable bonds is 86. The van der Waals surface area contributed by atoms with Crippen LogP contribution in [0.25, 0.3) is 0 Å². The van der Waals surface area contributed by atoms with E-state index in [-0.39, 0.29) is 25.7 Å². The molecule has 0 aromatic carbocycles. The minimum Gasteiger partial charge on any atom is -0.462 e. The number of esters is 4. The highest BCUT2D eigenvalue weighted by Crippen LogP contribution is 2.45. The van der Waals surface area contributed by atoms with Crippen LogP contribution < -0.4 is 0 Å². The molecule has 0 radical (unpaired) electrons. The summed E-state index contributed by atoms with van der Waals surface area (Å²) in [6.07, 6.45) is 77.4. The molecule has 107 heavy (non-hydrogen) atoms. The Hall–Kier alpha value is -2.46. The summed E-state index contributed by atoms with van der Waals surface area (Å²) in [7, 11) is -9.94. The molecule has 0 fully saturated rings. The van der Waals surface area contributed by atoms with Crippen molar-refractivity contribution in [1.82, 2.24) is 0 Å². The van der Waals surface area contributed by atoms with Gasteiger partial charge in [-0.1, -0.05) is 399 Å². The van der Waals surface area contributed by atoms with E-state index in [0.717, 1.165) is 109 Å². The van der Waals surface area contributed by atoms with Crippen LogP contribution in [0.1, 0.15) is 452 Å². The number of phosphoric acid groups is 2. The molecule has 0 amide bonds. The quantitative estimate of drug-likeness (QED) is 0.0169. The SMILES string of the molecule is CCCCCC/C=C\C=C/CCCCCCCC(=O)O[C@H](COC(=O)CCCCCCCCCCC(C)C)COP(=O)(O)OC[C@H](O)COP(=O)(O)OC[C@@H](COC(=O)CCCCCCCCCCCCCCCCCCCCC)OC(=O)CCCCCCCCCCCCCCCCCCCCCCCC. The molecule has 0 heterocycles. The molecular formula is C88H168O17P2. The van der Waals surface area contributed by atoms with Gasteiger partial charge in [0.1, 0.15) is 19.3 Å². The van der Waals surface area contributed by atoms with Crippen molar-refractivity contribution in [2.24, 2.45) is 5.92 Å². The molecule has 0 aromatic heterocycles. The van der Waals surface area contributed by atoms with Gasteiger partial charge in [-0.15, -0.1) is 0 Å². The van der Waals surface area contributed by atoms with E-state index in [9.17, 15) is 43.2 Å². The molecule has 3 N–H and O–H groups in total. The maximum atomic E-state index is 13.2. The minimum absolute atomic E-state index is 0.0850. The number of unbranched alkanes of at least 4 members (excludes halogenated alkanes) is 55. The van der Waals surface area contributed by atoms with Gasteiger partial charge < -0.3 is 33.8 Å². The van der Waals surface area contributed by atoms with E-state index >= 15 is 0 Å². The number of phosphoric ester groups is 2. The molecule has 0 aliphatic carbocycles. The molecule has 0 aliphatic heterocycles. The van der Waals surface area contributed by atoms with Crippen molar-refractivity contribution in [3.8, 4) is 0 Å². The lowest BCUT2D eigenvalue weighted by atomic mass is 10.0. The van der Waals surface area contributed by atoms with Crippen molar-refractivity contribution in [1.29, 1.82) is 0 Å². The maximum absolute atomic E-state index is 13.2. The Labute approximate surface area is 656 Å². The summed E-state index contributed by atoms with van der Waals surface area (Å²) in [5.41, 5.74) is 0. The molecular weight excluding hydrogens is 1390 g/mol. The first-order valence-electron chi connectivity index (χ1n) is 45.0. The Morgan fingerprint density at radius 1 is 0.290 bits per heavy atom. The van der Waals surface area contributed by atoms with Gasteiger partial charge in [0.2, 0.25) is 0 Å². The Morgan fingerprint density at radius 2 is 0.505 bits per heavy atom. The highest BCUT2D eigenvalue weighted by atomic mass is 31.2. The number of aliphatic hydroxyl groups excluding tert-OH is 1. The van der Waals surface area contributed by atoms with Gasteiger partial charge in [-0.3, -0.25) is 37.3 Å². The van der Waals surface area contributed by atoms with Crippen LogP contribution in [0.15, 0.2) is 24.3 Å². The number of aliphatic hydroxyl groups is 1. The highest BCUT2D eigenvalue weighted by Gasteiger charge is 2.30. The Morgan fingerprint density at radius 3 is 0.766 bits per heavy atom. The molecule has 632 valence electrons.